The number of aromatic nitrogens is 1. The van der Waals surface area contributed by atoms with Gasteiger partial charge in [0.1, 0.15) is 11.5 Å². The molecule has 0 spiro atoms. The zero-order chi connectivity index (χ0) is 27.7. The van der Waals surface area contributed by atoms with E-state index in [1.807, 2.05) is 30.3 Å². The number of aryl methyl sites for hydroxylation is 1. The number of benzene rings is 2. The van der Waals surface area contributed by atoms with Crippen molar-refractivity contribution in [2.75, 3.05) is 19.0 Å². The van der Waals surface area contributed by atoms with Crippen LogP contribution in [0.1, 0.15) is 106 Å². The maximum atomic E-state index is 13.4. The van der Waals surface area contributed by atoms with E-state index in [0.717, 1.165) is 24.1 Å². The van der Waals surface area contributed by atoms with Crippen LogP contribution in [0.4, 0.5) is 5.69 Å². The first-order chi connectivity index (χ1) is 19.1. The van der Waals surface area contributed by atoms with Gasteiger partial charge in [-0.15, -0.1) is 0 Å². The van der Waals surface area contributed by atoms with Crippen LogP contribution in [-0.4, -0.2) is 19.6 Å². The third kappa shape index (κ3) is 11.6. The molecule has 3 rings (SSSR count). The van der Waals surface area contributed by atoms with E-state index in [9.17, 15) is 4.79 Å². The van der Waals surface area contributed by atoms with Crippen LogP contribution in [0.15, 0.2) is 53.4 Å². The van der Waals surface area contributed by atoms with Crippen LogP contribution in [0.5, 0.6) is 11.5 Å². The van der Waals surface area contributed by atoms with Gasteiger partial charge in [0.25, 0.3) is 5.91 Å². The molecule has 1 heterocycles. The number of halogens is 1. The molecule has 0 aliphatic rings. The third-order valence-electron chi connectivity index (χ3n) is 7.17. The number of nitrogens with zero attached hydrogens (tertiary/aromatic N) is 1. The lowest BCUT2D eigenvalue weighted by Gasteiger charge is -2.14. The zero-order valence-electron chi connectivity index (χ0n) is 24.6. The predicted molar refractivity (Wildman–Crippen MR) is 162 cm³/mol. The SMILES string of the molecule is CCCCCCCCCCCCCCOc1cc(OC)ccc1C(=O)Nc1ccccc1C[n+]1cscc1C.[Br-]. The van der Waals surface area contributed by atoms with Crippen molar-refractivity contribution in [3.8, 4) is 11.5 Å². The van der Waals surface area contributed by atoms with Gasteiger partial charge in [-0.05, 0) is 24.6 Å². The fourth-order valence-electron chi connectivity index (χ4n) is 4.73. The Morgan fingerprint density at radius 3 is 2.17 bits per heavy atom. The first kappa shape index (κ1) is 33.8. The van der Waals surface area contributed by atoms with Crippen LogP contribution >= 0.6 is 11.3 Å². The first-order valence-corrected chi connectivity index (χ1v) is 15.7. The van der Waals surface area contributed by atoms with Crippen LogP contribution in [-0.2, 0) is 6.54 Å². The van der Waals surface area contributed by atoms with E-state index in [-0.39, 0.29) is 22.9 Å². The number of anilines is 1. The molecule has 1 N–H and O–H groups in total. The standard InChI is InChI=1S/C33H46N2O3S.BrH/c1-4-5-6-7-8-9-10-11-12-13-14-17-22-38-32-23-29(37-3)20-21-30(32)33(36)34-31-19-16-15-18-28(31)24-35-26-39-25-27(35)2;/h15-16,18-21,23,25-26H,4-14,17,22,24H2,1-3H3;1H. The molecular formula is C33H47BrN2O3S. The van der Waals surface area contributed by atoms with E-state index in [1.165, 1.54) is 69.9 Å². The molecule has 0 bridgehead atoms. The summed E-state index contributed by atoms with van der Waals surface area (Å²) in [6.07, 6.45) is 15.6. The maximum Gasteiger partial charge on any atom is 0.259 e. The molecule has 3 aromatic rings. The highest BCUT2D eigenvalue weighted by atomic mass is 79.9. The molecule has 0 atom stereocenters. The van der Waals surface area contributed by atoms with Gasteiger partial charge in [0.15, 0.2) is 12.2 Å². The number of hydrogen-bond donors (Lipinski definition) is 1. The monoisotopic (exact) mass is 630 g/mol. The van der Waals surface area contributed by atoms with E-state index in [0.29, 0.717) is 30.2 Å². The van der Waals surface area contributed by atoms with Gasteiger partial charge in [-0.2, -0.15) is 4.57 Å². The largest absolute Gasteiger partial charge is 1.00 e. The van der Waals surface area contributed by atoms with Crippen molar-refractivity contribution in [3.63, 3.8) is 0 Å². The molecule has 0 unspecified atom stereocenters. The summed E-state index contributed by atoms with van der Waals surface area (Å²) in [6, 6.07) is 13.4. The van der Waals surface area contributed by atoms with Gasteiger partial charge in [0.2, 0.25) is 5.51 Å². The number of para-hydroxylation sites is 1. The second-order valence-corrected chi connectivity index (χ2v) is 11.1. The highest BCUT2D eigenvalue weighted by molar-refractivity contribution is 7.07. The van der Waals surface area contributed by atoms with E-state index in [2.05, 4.69) is 40.7 Å². The third-order valence-corrected chi connectivity index (χ3v) is 8.03. The summed E-state index contributed by atoms with van der Waals surface area (Å²) in [5.74, 6) is 1.07. The lowest BCUT2D eigenvalue weighted by molar-refractivity contribution is -0.689. The highest BCUT2D eigenvalue weighted by Gasteiger charge is 2.17. The lowest BCUT2D eigenvalue weighted by atomic mass is 10.1. The Labute approximate surface area is 256 Å². The number of unbranched alkanes of at least 4 members (excludes halogenated alkanes) is 11. The van der Waals surface area contributed by atoms with Crippen LogP contribution < -0.4 is 36.3 Å². The predicted octanol–water partition coefficient (Wildman–Crippen LogP) is 5.74. The van der Waals surface area contributed by atoms with Crippen molar-refractivity contribution in [2.45, 2.75) is 97.4 Å². The summed E-state index contributed by atoms with van der Waals surface area (Å²) in [6.45, 7) is 5.66. The van der Waals surface area contributed by atoms with Gasteiger partial charge >= 0.3 is 0 Å². The van der Waals surface area contributed by atoms with Gasteiger partial charge in [0.05, 0.1) is 30.3 Å². The van der Waals surface area contributed by atoms with Crippen molar-refractivity contribution in [3.05, 3.63) is 70.2 Å². The lowest BCUT2D eigenvalue weighted by Crippen LogP contribution is -3.00. The minimum absolute atomic E-state index is 0. The summed E-state index contributed by atoms with van der Waals surface area (Å²) < 4.78 is 13.7. The number of thiazole rings is 1. The highest BCUT2D eigenvalue weighted by Crippen LogP contribution is 2.27. The van der Waals surface area contributed by atoms with Crippen molar-refractivity contribution >= 4 is 22.9 Å². The van der Waals surface area contributed by atoms with E-state index in [4.69, 9.17) is 9.47 Å². The molecule has 2 aromatic carbocycles. The molecule has 0 aliphatic carbocycles. The summed E-state index contributed by atoms with van der Waals surface area (Å²) in [7, 11) is 1.63. The Bertz CT molecular complexity index is 1130. The second-order valence-electron chi connectivity index (χ2n) is 10.3. The van der Waals surface area contributed by atoms with Gasteiger partial charge in [-0.1, -0.05) is 107 Å². The molecule has 0 fully saturated rings. The molecule has 1 aromatic heterocycles. The van der Waals surface area contributed by atoms with Crippen LogP contribution in [0.2, 0.25) is 0 Å². The molecule has 1 amide bonds. The number of carbonyl (C=O) groups is 1. The molecule has 0 saturated heterocycles. The first-order valence-electron chi connectivity index (χ1n) is 14.7. The van der Waals surface area contributed by atoms with E-state index in [1.54, 1.807) is 24.5 Å². The molecule has 40 heavy (non-hydrogen) atoms. The maximum absolute atomic E-state index is 13.4. The van der Waals surface area contributed by atoms with Crippen LogP contribution in [0, 0.1) is 6.92 Å². The van der Waals surface area contributed by atoms with Gasteiger partial charge < -0.3 is 31.8 Å². The Morgan fingerprint density at radius 2 is 1.55 bits per heavy atom. The Kier molecular flexibility index (Phi) is 16.6. The summed E-state index contributed by atoms with van der Waals surface area (Å²) in [5, 5.41) is 5.24. The Morgan fingerprint density at radius 1 is 0.900 bits per heavy atom. The van der Waals surface area contributed by atoms with Gasteiger partial charge in [0, 0.05) is 18.6 Å². The topological polar surface area (TPSA) is 51.4 Å². The number of rotatable bonds is 19. The number of hydrogen-bond acceptors (Lipinski definition) is 4. The quantitative estimate of drug-likeness (QED) is 0.136. The number of methoxy groups -OCH3 is 1. The number of nitrogens with one attached hydrogen (secondary N) is 1. The zero-order valence-corrected chi connectivity index (χ0v) is 27.0. The fourth-order valence-corrected chi connectivity index (χ4v) is 5.51. The van der Waals surface area contributed by atoms with Gasteiger partial charge in [-0.3, -0.25) is 4.79 Å². The Balaban J connectivity index is 0.00000560. The normalized spacial score (nSPS) is 10.7. The summed E-state index contributed by atoms with van der Waals surface area (Å²) in [5.41, 5.74) is 5.68. The van der Waals surface area contributed by atoms with Crippen LogP contribution in [0.3, 0.4) is 0 Å². The minimum Gasteiger partial charge on any atom is -1.00 e. The summed E-state index contributed by atoms with van der Waals surface area (Å²) >= 11 is 1.67. The van der Waals surface area contributed by atoms with Crippen molar-refractivity contribution < 1.29 is 35.8 Å². The molecule has 220 valence electrons. The fraction of sp³-hybridized carbons (Fsp3) is 0.515. The molecule has 0 saturated carbocycles. The average molecular weight is 632 g/mol. The number of ether oxygens (including phenoxy) is 2. The molecule has 5 nitrogen and oxygen atoms in total. The van der Waals surface area contributed by atoms with E-state index >= 15 is 0 Å². The Hall–Kier alpha value is -2.38. The van der Waals surface area contributed by atoms with Crippen molar-refractivity contribution in [1.82, 2.24) is 0 Å². The smallest absolute Gasteiger partial charge is 0.259 e. The minimum atomic E-state index is -0.179. The summed E-state index contributed by atoms with van der Waals surface area (Å²) in [4.78, 5) is 13.4. The molecular weight excluding hydrogens is 584 g/mol. The second kappa shape index (κ2) is 19.7. The van der Waals surface area contributed by atoms with E-state index < -0.39 is 0 Å². The van der Waals surface area contributed by atoms with Crippen molar-refractivity contribution in [1.29, 1.82) is 0 Å². The molecule has 0 radical (unpaired) electrons. The molecule has 7 heteroatoms. The van der Waals surface area contributed by atoms with Gasteiger partial charge in [-0.25, -0.2) is 0 Å². The van der Waals surface area contributed by atoms with Crippen molar-refractivity contribution in [2.24, 2.45) is 0 Å². The van der Waals surface area contributed by atoms with Crippen LogP contribution in [0.25, 0.3) is 0 Å². The number of amides is 1. The average Bonchev–Trinajstić information content (AvgIpc) is 3.36. The number of carbonyl (C=O) groups excluding carboxylic acids is 1. The molecule has 0 aliphatic heterocycles.